The Balaban J connectivity index is 1.71. The van der Waals surface area contributed by atoms with E-state index in [1.807, 2.05) is 6.07 Å². The Morgan fingerprint density at radius 2 is 2.16 bits per heavy atom. The van der Waals surface area contributed by atoms with Crippen molar-refractivity contribution in [2.24, 2.45) is 5.10 Å². The Bertz CT molecular complexity index is 934. The Hall–Kier alpha value is -2.80. The van der Waals surface area contributed by atoms with Gasteiger partial charge in [-0.1, -0.05) is 37.7 Å². The minimum Gasteiger partial charge on any atom is -0.508 e. The molecule has 0 bridgehead atoms. The zero-order valence-electron chi connectivity index (χ0n) is 13.9. The van der Waals surface area contributed by atoms with Gasteiger partial charge in [-0.2, -0.15) is 5.10 Å². The number of hydrogen-bond acceptors (Lipinski definition) is 5. The molecule has 25 heavy (non-hydrogen) atoms. The van der Waals surface area contributed by atoms with Gasteiger partial charge in [0.2, 0.25) is 0 Å². The van der Waals surface area contributed by atoms with Gasteiger partial charge in [0.15, 0.2) is 5.16 Å². The van der Waals surface area contributed by atoms with Crippen molar-refractivity contribution in [2.75, 3.05) is 0 Å². The first-order valence-corrected chi connectivity index (χ1v) is 8.68. The van der Waals surface area contributed by atoms with Crippen molar-refractivity contribution in [1.82, 2.24) is 15.4 Å². The van der Waals surface area contributed by atoms with Crippen LogP contribution >= 0.6 is 11.8 Å². The van der Waals surface area contributed by atoms with Crippen LogP contribution in [0.3, 0.4) is 0 Å². The summed E-state index contributed by atoms with van der Waals surface area (Å²) in [5.41, 5.74) is 5.30. The molecule has 7 heteroatoms. The van der Waals surface area contributed by atoms with E-state index >= 15 is 0 Å². The van der Waals surface area contributed by atoms with Gasteiger partial charge in [0.25, 0.3) is 5.91 Å². The van der Waals surface area contributed by atoms with E-state index in [9.17, 15) is 9.90 Å². The van der Waals surface area contributed by atoms with E-state index in [1.54, 1.807) is 48.2 Å². The summed E-state index contributed by atoms with van der Waals surface area (Å²) in [7, 11) is 0. The highest BCUT2D eigenvalue weighted by molar-refractivity contribution is 7.99. The Morgan fingerprint density at radius 3 is 2.92 bits per heavy atom. The molecule has 2 aromatic carbocycles. The van der Waals surface area contributed by atoms with Gasteiger partial charge in [-0.3, -0.25) is 4.79 Å². The normalized spacial score (nSPS) is 11.5. The fourth-order valence-electron chi connectivity index (χ4n) is 2.24. The number of hydrogen-bond donors (Lipinski definition) is 3. The zero-order valence-corrected chi connectivity index (χ0v) is 14.7. The molecule has 6 nitrogen and oxygen atoms in total. The van der Waals surface area contributed by atoms with Crippen LogP contribution in [0.1, 0.15) is 29.8 Å². The summed E-state index contributed by atoms with van der Waals surface area (Å²) in [6, 6.07) is 11.9. The standard InChI is InChI=1S/C18H18N4O2S/c1-11(2)25-18-20-15-7-6-13(9-16(15)21-18)17(24)22-19-10-12-4-3-5-14(23)8-12/h3-11,23H,1-2H3,(H,20,21)(H,22,24)/b19-10-. The number of hydrazone groups is 1. The van der Waals surface area contributed by atoms with Crippen molar-refractivity contribution < 1.29 is 9.90 Å². The highest BCUT2D eigenvalue weighted by Crippen LogP contribution is 2.23. The molecule has 0 saturated carbocycles. The van der Waals surface area contributed by atoms with Crippen LogP contribution in [-0.2, 0) is 0 Å². The number of aromatic amines is 1. The van der Waals surface area contributed by atoms with Gasteiger partial charge >= 0.3 is 0 Å². The summed E-state index contributed by atoms with van der Waals surface area (Å²) >= 11 is 1.64. The molecule has 3 N–H and O–H groups in total. The van der Waals surface area contributed by atoms with Crippen LogP contribution < -0.4 is 5.43 Å². The first-order valence-electron chi connectivity index (χ1n) is 7.80. The Kier molecular flexibility index (Phi) is 5.04. The second-order valence-electron chi connectivity index (χ2n) is 5.73. The summed E-state index contributed by atoms with van der Waals surface area (Å²) in [4.78, 5) is 19.9. The van der Waals surface area contributed by atoms with Crippen LogP contribution in [0.5, 0.6) is 5.75 Å². The van der Waals surface area contributed by atoms with Crippen LogP contribution in [0.25, 0.3) is 11.0 Å². The average molecular weight is 354 g/mol. The summed E-state index contributed by atoms with van der Waals surface area (Å²) in [6.45, 7) is 4.20. The van der Waals surface area contributed by atoms with E-state index in [0.29, 0.717) is 16.4 Å². The first kappa shape index (κ1) is 17.0. The summed E-state index contributed by atoms with van der Waals surface area (Å²) < 4.78 is 0. The molecule has 0 aliphatic carbocycles. The number of imidazole rings is 1. The number of H-pyrrole nitrogens is 1. The number of phenolic OH excluding ortho intramolecular Hbond substituents is 1. The summed E-state index contributed by atoms with van der Waals surface area (Å²) in [6.07, 6.45) is 1.48. The van der Waals surface area contributed by atoms with E-state index in [1.165, 1.54) is 6.21 Å². The molecular weight excluding hydrogens is 336 g/mol. The number of nitrogens with one attached hydrogen (secondary N) is 2. The molecule has 128 valence electrons. The monoisotopic (exact) mass is 354 g/mol. The molecule has 3 aromatic rings. The SMILES string of the molecule is CC(C)Sc1nc2ccc(C(=O)N/N=C\c3cccc(O)c3)cc2[nH]1. The van der Waals surface area contributed by atoms with E-state index in [0.717, 1.165) is 16.2 Å². The lowest BCUT2D eigenvalue weighted by Crippen LogP contribution is -2.17. The molecule has 0 radical (unpaired) electrons. The molecule has 0 aliphatic rings. The number of aromatic nitrogens is 2. The van der Waals surface area contributed by atoms with Crippen molar-refractivity contribution >= 4 is 34.9 Å². The predicted molar refractivity (Wildman–Crippen MR) is 100 cm³/mol. The minimum atomic E-state index is -0.314. The van der Waals surface area contributed by atoms with Crippen molar-refractivity contribution in [3.05, 3.63) is 53.6 Å². The number of carbonyl (C=O) groups excluding carboxylic acids is 1. The molecule has 1 heterocycles. The molecule has 0 saturated heterocycles. The third-order valence-electron chi connectivity index (χ3n) is 3.32. The number of phenols is 1. The number of carbonyl (C=O) groups is 1. The number of aromatic hydroxyl groups is 1. The van der Waals surface area contributed by atoms with E-state index in [-0.39, 0.29) is 11.7 Å². The Morgan fingerprint density at radius 1 is 1.32 bits per heavy atom. The topological polar surface area (TPSA) is 90.4 Å². The number of thioether (sulfide) groups is 1. The molecular formula is C18H18N4O2S. The van der Waals surface area contributed by atoms with E-state index in [4.69, 9.17) is 0 Å². The van der Waals surface area contributed by atoms with Crippen molar-refractivity contribution in [2.45, 2.75) is 24.3 Å². The fraction of sp³-hybridized carbons (Fsp3) is 0.167. The smallest absolute Gasteiger partial charge is 0.271 e. The van der Waals surface area contributed by atoms with Crippen LogP contribution in [0.15, 0.2) is 52.7 Å². The summed E-state index contributed by atoms with van der Waals surface area (Å²) in [5, 5.41) is 14.6. The lowest BCUT2D eigenvalue weighted by atomic mass is 10.2. The number of rotatable bonds is 5. The lowest BCUT2D eigenvalue weighted by molar-refractivity contribution is 0.0955. The van der Waals surface area contributed by atoms with E-state index in [2.05, 4.69) is 34.3 Å². The minimum absolute atomic E-state index is 0.148. The lowest BCUT2D eigenvalue weighted by Gasteiger charge is -2.00. The highest BCUT2D eigenvalue weighted by atomic mass is 32.2. The van der Waals surface area contributed by atoms with Crippen LogP contribution in [0, 0.1) is 0 Å². The van der Waals surface area contributed by atoms with Gasteiger partial charge in [-0.15, -0.1) is 0 Å². The van der Waals surface area contributed by atoms with Crippen molar-refractivity contribution in [1.29, 1.82) is 0 Å². The molecule has 0 fully saturated rings. The van der Waals surface area contributed by atoms with Crippen LogP contribution in [0.4, 0.5) is 0 Å². The van der Waals surface area contributed by atoms with Gasteiger partial charge in [-0.05, 0) is 35.9 Å². The van der Waals surface area contributed by atoms with Gasteiger partial charge in [0, 0.05) is 10.8 Å². The van der Waals surface area contributed by atoms with Crippen LogP contribution in [-0.4, -0.2) is 32.4 Å². The third kappa shape index (κ3) is 4.39. The molecule has 3 rings (SSSR count). The molecule has 0 aliphatic heterocycles. The molecule has 1 aromatic heterocycles. The van der Waals surface area contributed by atoms with Crippen molar-refractivity contribution in [3.63, 3.8) is 0 Å². The van der Waals surface area contributed by atoms with Gasteiger partial charge in [-0.25, -0.2) is 10.4 Å². The second kappa shape index (κ2) is 7.40. The maximum absolute atomic E-state index is 12.2. The second-order valence-corrected chi connectivity index (χ2v) is 7.30. The predicted octanol–water partition coefficient (Wildman–Crippen LogP) is 3.53. The molecule has 0 atom stereocenters. The summed E-state index contributed by atoms with van der Waals surface area (Å²) in [5.74, 6) is -0.166. The zero-order chi connectivity index (χ0) is 17.8. The molecule has 0 unspecified atom stereocenters. The third-order valence-corrected chi connectivity index (χ3v) is 4.21. The quantitative estimate of drug-likeness (QED) is 0.371. The maximum atomic E-state index is 12.2. The van der Waals surface area contributed by atoms with Crippen LogP contribution in [0.2, 0.25) is 0 Å². The number of fused-ring (bicyclic) bond motifs is 1. The molecule has 1 amide bonds. The largest absolute Gasteiger partial charge is 0.508 e. The van der Waals surface area contributed by atoms with E-state index < -0.39 is 0 Å². The maximum Gasteiger partial charge on any atom is 0.271 e. The van der Waals surface area contributed by atoms with Gasteiger partial charge in [0.1, 0.15) is 5.75 Å². The van der Waals surface area contributed by atoms with Gasteiger partial charge < -0.3 is 10.1 Å². The number of amides is 1. The van der Waals surface area contributed by atoms with Gasteiger partial charge in [0.05, 0.1) is 17.2 Å². The number of benzene rings is 2. The Labute approximate surface area is 149 Å². The fourth-order valence-corrected chi connectivity index (χ4v) is 3.01. The first-order chi connectivity index (χ1) is 12.0. The number of nitrogens with zero attached hydrogens (tertiary/aromatic N) is 2. The van der Waals surface area contributed by atoms with Crippen molar-refractivity contribution in [3.8, 4) is 5.75 Å². The molecule has 0 spiro atoms. The highest BCUT2D eigenvalue weighted by Gasteiger charge is 2.09. The average Bonchev–Trinajstić information content (AvgIpc) is 2.95.